The molecule has 21 heavy (non-hydrogen) atoms. The smallest absolute Gasteiger partial charge is 0.191 e. The first-order chi connectivity index (χ1) is 9.96. The van der Waals surface area contributed by atoms with Gasteiger partial charge in [-0.05, 0) is 20.8 Å². The van der Waals surface area contributed by atoms with Crippen LogP contribution < -0.4 is 16.0 Å². The molecule has 1 fully saturated rings. The van der Waals surface area contributed by atoms with Gasteiger partial charge in [-0.15, -0.1) is 11.3 Å². The molecule has 1 aromatic heterocycles. The number of hydrogen-bond donors (Lipinski definition) is 2. The van der Waals surface area contributed by atoms with E-state index in [9.17, 15) is 0 Å². The van der Waals surface area contributed by atoms with Gasteiger partial charge in [0.15, 0.2) is 11.1 Å². The quantitative estimate of drug-likeness (QED) is 0.493. The molecule has 0 bridgehead atoms. The summed E-state index contributed by atoms with van der Waals surface area (Å²) >= 11 is 1.68. The Hall–Kier alpha value is -1.34. The Bertz CT molecular complexity index is 443. The van der Waals surface area contributed by atoms with E-state index in [-0.39, 0.29) is 5.54 Å². The number of thiazole rings is 1. The standard InChI is InChI=1S/C14H26N6S/c1-14(2,3)18-5-4-16-12(15)19-7-9-20(10-8-19)13-17-6-11-21-13/h6,11,18H,4-5,7-10H2,1-3H3,(H2,15,16). The largest absolute Gasteiger partial charge is 0.370 e. The molecule has 3 N–H and O–H groups in total. The number of rotatable bonds is 4. The fraction of sp³-hybridized carbons (Fsp3) is 0.714. The van der Waals surface area contributed by atoms with Crippen molar-refractivity contribution in [2.45, 2.75) is 26.3 Å². The SMILES string of the molecule is CC(C)(C)NCCN=C(N)N1CCN(c2nccs2)CC1. The summed E-state index contributed by atoms with van der Waals surface area (Å²) in [5, 5.41) is 6.52. The summed E-state index contributed by atoms with van der Waals surface area (Å²) in [5.74, 6) is 0.657. The van der Waals surface area contributed by atoms with Gasteiger partial charge < -0.3 is 20.9 Å². The summed E-state index contributed by atoms with van der Waals surface area (Å²) < 4.78 is 0. The van der Waals surface area contributed by atoms with Crippen LogP contribution in [0.1, 0.15) is 20.8 Å². The molecular formula is C14H26N6S. The van der Waals surface area contributed by atoms with E-state index < -0.39 is 0 Å². The molecule has 6 nitrogen and oxygen atoms in total. The predicted molar refractivity (Wildman–Crippen MR) is 90.1 cm³/mol. The molecule has 2 rings (SSSR count). The number of nitrogens with zero attached hydrogens (tertiary/aromatic N) is 4. The van der Waals surface area contributed by atoms with E-state index in [1.165, 1.54) is 0 Å². The lowest BCUT2D eigenvalue weighted by Gasteiger charge is -2.35. The van der Waals surface area contributed by atoms with Crippen LogP contribution in [0.25, 0.3) is 0 Å². The minimum atomic E-state index is 0.129. The highest BCUT2D eigenvalue weighted by Gasteiger charge is 2.19. The van der Waals surface area contributed by atoms with Crippen LogP contribution in [-0.2, 0) is 0 Å². The van der Waals surface area contributed by atoms with Crippen molar-refractivity contribution in [1.82, 2.24) is 15.2 Å². The molecule has 0 unspecified atom stereocenters. The zero-order chi connectivity index (χ0) is 15.3. The molecule has 0 spiro atoms. The highest BCUT2D eigenvalue weighted by Crippen LogP contribution is 2.18. The monoisotopic (exact) mass is 310 g/mol. The first kappa shape index (κ1) is 16.0. The predicted octanol–water partition coefficient (Wildman–Crippen LogP) is 0.968. The molecule has 0 aromatic carbocycles. The van der Waals surface area contributed by atoms with Crippen molar-refractivity contribution in [3.8, 4) is 0 Å². The lowest BCUT2D eigenvalue weighted by molar-refractivity contribution is 0.379. The van der Waals surface area contributed by atoms with Gasteiger partial charge in [-0.1, -0.05) is 0 Å². The fourth-order valence-electron chi connectivity index (χ4n) is 2.20. The highest BCUT2D eigenvalue weighted by molar-refractivity contribution is 7.13. The summed E-state index contributed by atoms with van der Waals surface area (Å²) in [7, 11) is 0. The second-order valence-electron chi connectivity index (χ2n) is 6.21. The van der Waals surface area contributed by atoms with E-state index in [2.05, 4.69) is 45.9 Å². The van der Waals surface area contributed by atoms with Crippen LogP contribution in [0.4, 0.5) is 5.13 Å². The lowest BCUT2D eigenvalue weighted by atomic mass is 10.1. The maximum absolute atomic E-state index is 6.08. The third-order valence-electron chi connectivity index (χ3n) is 3.33. The lowest BCUT2D eigenvalue weighted by Crippen LogP contribution is -2.51. The second-order valence-corrected chi connectivity index (χ2v) is 7.08. The number of guanidine groups is 1. The van der Waals surface area contributed by atoms with Crippen molar-refractivity contribution in [3.05, 3.63) is 11.6 Å². The van der Waals surface area contributed by atoms with Crippen molar-refractivity contribution in [2.75, 3.05) is 44.2 Å². The highest BCUT2D eigenvalue weighted by atomic mass is 32.1. The molecule has 1 aliphatic rings. The Labute approximate surface area is 131 Å². The van der Waals surface area contributed by atoms with Crippen LogP contribution in [0.15, 0.2) is 16.6 Å². The van der Waals surface area contributed by atoms with Crippen LogP contribution in [0, 0.1) is 0 Å². The number of aliphatic imine (C=N–C) groups is 1. The molecule has 1 saturated heterocycles. The third kappa shape index (κ3) is 5.17. The van der Waals surface area contributed by atoms with Gasteiger partial charge >= 0.3 is 0 Å². The molecule has 0 saturated carbocycles. The number of anilines is 1. The molecule has 7 heteroatoms. The van der Waals surface area contributed by atoms with Crippen LogP contribution in [0.2, 0.25) is 0 Å². The van der Waals surface area contributed by atoms with Crippen molar-refractivity contribution in [2.24, 2.45) is 10.7 Å². The van der Waals surface area contributed by atoms with E-state index in [1.807, 2.05) is 11.6 Å². The molecular weight excluding hydrogens is 284 g/mol. The second kappa shape index (κ2) is 7.09. The Morgan fingerprint density at radius 3 is 2.67 bits per heavy atom. The Morgan fingerprint density at radius 1 is 1.38 bits per heavy atom. The first-order valence-electron chi connectivity index (χ1n) is 7.40. The topological polar surface area (TPSA) is 69.8 Å². The maximum atomic E-state index is 6.08. The number of aromatic nitrogens is 1. The summed E-state index contributed by atoms with van der Waals surface area (Å²) in [6.45, 7) is 11.7. The molecule has 2 heterocycles. The molecule has 0 aliphatic carbocycles. The van der Waals surface area contributed by atoms with Crippen molar-refractivity contribution >= 4 is 22.4 Å². The third-order valence-corrected chi connectivity index (χ3v) is 4.17. The molecule has 118 valence electrons. The van der Waals surface area contributed by atoms with Crippen molar-refractivity contribution in [3.63, 3.8) is 0 Å². The minimum Gasteiger partial charge on any atom is -0.370 e. The molecule has 0 radical (unpaired) electrons. The van der Waals surface area contributed by atoms with Crippen molar-refractivity contribution in [1.29, 1.82) is 0 Å². The Kier molecular flexibility index (Phi) is 5.41. The molecule has 0 amide bonds. The van der Waals surface area contributed by atoms with Gasteiger partial charge in [0, 0.05) is 49.8 Å². The maximum Gasteiger partial charge on any atom is 0.191 e. The van der Waals surface area contributed by atoms with Gasteiger partial charge in [0.05, 0.1) is 6.54 Å². The zero-order valence-corrected chi connectivity index (χ0v) is 14.0. The van der Waals surface area contributed by atoms with E-state index in [0.29, 0.717) is 5.96 Å². The molecule has 0 atom stereocenters. The van der Waals surface area contributed by atoms with E-state index in [1.54, 1.807) is 11.3 Å². The number of nitrogens with one attached hydrogen (secondary N) is 1. The Balaban J connectivity index is 1.73. The first-order valence-corrected chi connectivity index (χ1v) is 8.28. The average molecular weight is 310 g/mol. The number of hydrogen-bond acceptors (Lipinski definition) is 5. The van der Waals surface area contributed by atoms with Gasteiger partial charge in [0.25, 0.3) is 0 Å². The zero-order valence-electron chi connectivity index (χ0n) is 13.2. The van der Waals surface area contributed by atoms with Gasteiger partial charge in [-0.2, -0.15) is 0 Å². The summed E-state index contributed by atoms with van der Waals surface area (Å²) in [4.78, 5) is 13.3. The van der Waals surface area contributed by atoms with Crippen LogP contribution >= 0.6 is 11.3 Å². The van der Waals surface area contributed by atoms with Gasteiger partial charge in [0.2, 0.25) is 0 Å². The van der Waals surface area contributed by atoms with Crippen LogP contribution in [0.3, 0.4) is 0 Å². The number of piperazine rings is 1. The average Bonchev–Trinajstić information content (AvgIpc) is 2.96. The molecule has 1 aliphatic heterocycles. The summed E-state index contributed by atoms with van der Waals surface area (Å²) in [6, 6.07) is 0. The van der Waals surface area contributed by atoms with E-state index in [4.69, 9.17) is 5.73 Å². The molecule has 1 aromatic rings. The van der Waals surface area contributed by atoms with Gasteiger partial charge in [-0.3, -0.25) is 4.99 Å². The summed E-state index contributed by atoms with van der Waals surface area (Å²) in [6.07, 6.45) is 1.85. The van der Waals surface area contributed by atoms with E-state index >= 15 is 0 Å². The number of nitrogens with two attached hydrogens (primary N) is 1. The van der Waals surface area contributed by atoms with E-state index in [0.717, 1.165) is 44.4 Å². The van der Waals surface area contributed by atoms with Crippen LogP contribution in [0.5, 0.6) is 0 Å². The Morgan fingerprint density at radius 2 is 2.10 bits per heavy atom. The van der Waals surface area contributed by atoms with Crippen LogP contribution in [-0.4, -0.2) is 60.7 Å². The summed E-state index contributed by atoms with van der Waals surface area (Å²) in [5.41, 5.74) is 6.21. The van der Waals surface area contributed by atoms with Gasteiger partial charge in [0.1, 0.15) is 0 Å². The minimum absolute atomic E-state index is 0.129. The fourth-order valence-corrected chi connectivity index (χ4v) is 2.90. The normalized spacial score (nSPS) is 17.4. The van der Waals surface area contributed by atoms with Crippen molar-refractivity contribution < 1.29 is 0 Å². The van der Waals surface area contributed by atoms with Gasteiger partial charge in [-0.25, -0.2) is 4.98 Å².